The Labute approximate surface area is 158 Å². The monoisotopic (exact) mass is 367 g/mol. The molecular weight excluding hydrogens is 330 g/mol. The summed E-state index contributed by atoms with van der Waals surface area (Å²) in [5, 5.41) is 3.22. The highest BCUT2D eigenvalue weighted by Gasteiger charge is 2.30. The van der Waals surface area contributed by atoms with Crippen molar-refractivity contribution in [3.63, 3.8) is 0 Å². The van der Waals surface area contributed by atoms with Gasteiger partial charge in [-0.1, -0.05) is 33.6 Å². The maximum Gasteiger partial charge on any atom is 0.224 e. The quantitative estimate of drug-likeness (QED) is 0.712. The van der Waals surface area contributed by atoms with Gasteiger partial charge in [-0.05, 0) is 18.8 Å². The van der Waals surface area contributed by atoms with Gasteiger partial charge in [-0.25, -0.2) is 0 Å². The van der Waals surface area contributed by atoms with Crippen molar-refractivity contribution in [2.75, 3.05) is 45.9 Å². The first-order valence-corrected chi connectivity index (χ1v) is 10.5. The first-order chi connectivity index (χ1) is 12.6. The zero-order chi connectivity index (χ0) is 18.9. The SMILES string of the molecule is CCC(=O)N1CCCC(C(=O)NCC(C(CC)CC)N2CCOCC2)C1. The third-order valence-corrected chi connectivity index (χ3v) is 6.04. The third-order valence-electron chi connectivity index (χ3n) is 6.04. The van der Waals surface area contributed by atoms with Crippen LogP contribution in [0.3, 0.4) is 0 Å². The third kappa shape index (κ3) is 5.68. The number of ether oxygens (including phenoxy) is 1. The molecule has 2 aliphatic heterocycles. The van der Waals surface area contributed by atoms with Crippen LogP contribution in [-0.4, -0.2) is 73.6 Å². The number of carbonyl (C=O) groups excluding carboxylic acids is 2. The van der Waals surface area contributed by atoms with Crippen molar-refractivity contribution in [2.45, 2.75) is 58.9 Å². The molecule has 2 rings (SSSR count). The van der Waals surface area contributed by atoms with Crippen molar-refractivity contribution in [1.82, 2.24) is 15.1 Å². The van der Waals surface area contributed by atoms with Crippen molar-refractivity contribution in [2.24, 2.45) is 11.8 Å². The molecule has 26 heavy (non-hydrogen) atoms. The number of hydrogen-bond acceptors (Lipinski definition) is 4. The maximum atomic E-state index is 12.7. The predicted octanol–water partition coefficient (Wildman–Crippen LogP) is 1.89. The normalized spacial score (nSPS) is 23.1. The van der Waals surface area contributed by atoms with Crippen LogP contribution in [0.2, 0.25) is 0 Å². The highest BCUT2D eigenvalue weighted by Crippen LogP contribution is 2.21. The fourth-order valence-electron chi connectivity index (χ4n) is 4.33. The van der Waals surface area contributed by atoms with Crippen LogP contribution in [0.15, 0.2) is 0 Å². The van der Waals surface area contributed by atoms with Gasteiger partial charge < -0.3 is 15.0 Å². The molecule has 150 valence electrons. The second-order valence-corrected chi connectivity index (χ2v) is 7.57. The van der Waals surface area contributed by atoms with Crippen LogP contribution < -0.4 is 5.32 Å². The van der Waals surface area contributed by atoms with Crippen LogP contribution in [0.1, 0.15) is 52.9 Å². The lowest BCUT2D eigenvalue weighted by molar-refractivity contribution is -0.135. The molecule has 0 aromatic rings. The molecule has 0 aromatic heterocycles. The van der Waals surface area contributed by atoms with Gasteiger partial charge in [0.05, 0.1) is 19.1 Å². The summed E-state index contributed by atoms with van der Waals surface area (Å²) >= 11 is 0. The Morgan fingerprint density at radius 1 is 1.12 bits per heavy atom. The van der Waals surface area contributed by atoms with E-state index in [1.54, 1.807) is 0 Å². The highest BCUT2D eigenvalue weighted by molar-refractivity contribution is 5.81. The number of amides is 2. The summed E-state index contributed by atoms with van der Waals surface area (Å²) in [4.78, 5) is 29.0. The molecule has 0 spiro atoms. The minimum Gasteiger partial charge on any atom is -0.379 e. The molecule has 0 saturated carbocycles. The van der Waals surface area contributed by atoms with Gasteiger partial charge in [0.2, 0.25) is 11.8 Å². The summed E-state index contributed by atoms with van der Waals surface area (Å²) in [6.07, 6.45) is 4.56. The summed E-state index contributed by atoms with van der Waals surface area (Å²) in [6.45, 7) is 11.9. The average Bonchev–Trinajstić information content (AvgIpc) is 2.71. The smallest absolute Gasteiger partial charge is 0.224 e. The molecule has 2 fully saturated rings. The average molecular weight is 368 g/mol. The van der Waals surface area contributed by atoms with Crippen LogP contribution >= 0.6 is 0 Å². The van der Waals surface area contributed by atoms with E-state index in [0.717, 1.165) is 58.5 Å². The van der Waals surface area contributed by atoms with Crippen molar-refractivity contribution >= 4 is 11.8 Å². The lowest BCUT2D eigenvalue weighted by Crippen LogP contribution is -2.53. The first kappa shape index (κ1) is 21.2. The highest BCUT2D eigenvalue weighted by atomic mass is 16.5. The van der Waals surface area contributed by atoms with Crippen LogP contribution in [0.5, 0.6) is 0 Å². The van der Waals surface area contributed by atoms with Crippen molar-refractivity contribution in [3.05, 3.63) is 0 Å². The molecule has 6 nitrogen and oxygen atoms in total. The van der Waals surface area contributed by atoms with Crippen LogP contribution in [0.25, 0.3) is 0 Å². The van der Waals surface area contributed by atoms with Crippen LogP contribution in [-0.2, 0) is 14.3 Å². The fraction of sp³-hybridized carbons (Fsp3) is 0.900. The van der Waals surface area contributed by atoms with E-state index < -0.39 is 0 Å². The molecular formula is C20H37N3O3. The Hall–Kier alpha value is -1.14. The molecule has 2 amide bonds. The van der Waals surface area contributed by atoms with E-state index in [0.29, 0.717) is 31.5 Å². The zero-order valence-electron chi connectivity index (χ0n) is 16.8. The number of rotatable bonds is 8. The first-order valence-electron chi connectivity index (χ1n) is 10.5. The Balaban J connectivity index is 1.91. The van der Waals surface area contributed by atoms with E-state index in [4.69, 9.17) is 4.74 Å². The molecule has 1 N–H and O–H groups in total. The minimum atomic E-state index is -0.0636. The molecule has 2 atom stereocenters. The number of nitrogens with zero attached hydrogens (tertiary/aromatic N) is 2. The molecule has 0 aromatic carbocycles. The number of hydrogen-bond donors (Lipinski definition) is 1. The topological polar surface area (TPSA) is 61.9 Å². The van der Waals surface area contributed by atoms with Gasteiger partial charge in [-0.3, -0.25) is 14.5 Å². The summed E-state index contributed by atoms with van der Waals surface area (Å²) in [7, 11) is 0. The largest absolute Gasteiger partial charge is 0.379 e. The van der Waals surface area contributed by atoms with E-state index in [1.807, 2.05) is 11.8 Å². The Morgan fingerprint density at radius 2 is 1.81 bits per heavy atom. The Bertz CT molecular complexity index is 448. The van der Waals surface area contributed by atoms with Gasteiger partial charge in [-0.2, -0.15) is 0 Å². The van der Waals surface area contributed by atoms with E-state index in [2.05, 4.69) is 24.1 Å². The maximum absolute atomic E-state index is 12.7. The van der Waals surface area contributed by atoms with Gasteiger partial charge in [0, 0.05) is 45.2 Å². The standard InChI is InChI=1S/C20H37N3O3/c1-4-16(5-2)18(22-10-12-26-13-11-22)14-21-20(25)17-8-7-9-23(15-17)19(24)6-3/h16-18H,4-15H2,1-3H3,(H,21,25). The van der Waals surface area contributed by atoms with E-state index in [9.17, 15) is 9.59 Å². The Morgan fingerprint density at radius 3 is 2.42 bits per heavy atom. The lowest BCUT2D eigenvalue weighted by Gasteiger charge is -2.39. The van der Waals surface area contributed by atoms with Crippen molar-refractivity contribution in [3.8, 4) is 0 Å². The number of morpholine rings is 1. The second-order valence-electron chi connectivity index (χ2n) is 7.57. The number of carbonyl (C=O) groups is 2. The molecule has 2 heterocycles. The van der Waals surface area contributed by atoms with Gasteiger partial charge in [0.15, 0.2) is 0 Å². The number of likely N-dealkylation sites (tertiary alicyclic amines) is 1. The van der Waals surface area contributed by atoms with E-state index in [1.165, 1.54) is 0 Å². The van der Waals surface area contributed by atoms with Gasteiger partial charge in [0.25, 0.3) is 0 Å². The van der Waals surface area contributed by atoms with Gasteiger partial charge in [0.1, 0.15) is 0 Å². The van der Waals surface area contributed by atoms with Crippen molar-refractivity contribution < 1.29 is 14.3 Å². The Kier molecular flexibility index (Phi) is 8.85. The minimum absolute atomic E-state index is 0.0636. The number of nitrogens with one attached hydrogen (secondary N) is 1. The summed E-state index contributed by atoms with van der Waals surface area (Å²) < 4.78 is 5.50. The van der Waals surface area contributed by atoms with E-state index in [-0.39, 0.29) is 17.7 Å². The van der Waals surface area contributed by atoms with Gasteiger partial charge in [-0.15, -0.1) is 0 Å². The number of piperidine rings is 1. The molecule has 2 unspecified atom stereocenters. The zero-order valence-corrected chi connectivity index (χ0v) is 16.8. The predicted molar refractivity (Wildman–Crippen MR) is 103 cm³/mol. The van der Waals surface area contributed by atoms with Crippen LogP contribution in [0, 0.1) is 11.8 Å². The molecule has 2 aliphatic rings. The molecule has 0 radical (unpaired) electrons. The molecule has 2 saturated heterocycles. The summed E-state index contributed by atoms with van der Waals surface area (Å²) in [5.41, 5.74) is 0. The fourth-order valence-corrected chi connectivity index (χ4v) is 4.33. The van der Waals surface area contributed by atoms with Crippen molar-refractivity contribution in [1.29, 1.82) is 0 Å². The molecule has 0 bridgehead atoms. The summed E-state index contributed by atoms with van der Waals surface area (Å²) in [5.74, 6) is 0.790. The lowest BCUT2D eigenvalue weighted by atomic mass is 9.91. The second kappa shape index (κ2) is 10.9. The van der Waals surface area contributed by atoms with E-state index >= 15 is 0 Å². The van der Waals surface area contributed by atoms with Gasteiger partial charge >= 0.3 is 0 Å². The molecule has 0 aliphatic carbocycles. The summed E-state index contributed by atoms with van der Waals surface area (Å²) in [6, 6.07) is 0.370. The van der Waals surface area contributed by atoms with Crippen LogP contribution in [0.4, 0.5) is 0 Å². The molecule has 6 heteroatoms.